The van der Waals surface area contributed by atoms with Crippen LogP contribution >= 0.6 is 15.9 Å². The van der Waals surface area contributed by atoms with Crippen molar-refractivity contribution in [3.05, 3.63) is 69.8 Å². The highest BCUT2D eigenvalue weighted by atomic mass is 79.9. The molecule has 0 saturated carbocycles. The van der Waals surface area contributed by atoms with Crippen LogP contribution in [-0.2, 0) is 16.0 Å². The number of aromatic amines is 1. The number of benzene rings is 2. The summed E-state index contributed by atoms with van der Waals surface area (Å²) < 4.78 is 6.00. The third kappa shape index (κ3) is 2.44. The Morgan fingerprint density at radius 1 is 1.17 bits per heavy atom. The van der Waals surface area contributed by atoms with Gasteiger partial charge in [0.25, 0.3) is 0 Å². The van der Waals surface area contributed by atoms with Gasteiger partial charge >= 0.3 is 5.97 Å². The summed E-state index contributed by atoms with van der Waals surface area (Å²) in [4.78, 5) is 15.7. The van der Waals surface area contributed by atoms with Crippen molar-refractivity contribution >= 4 is 32.8 Å². The Hall–Kier alpha value is -2.11. The standard InChI is InChI=1S/C19H17BrN2O2/c1-24-19(23)16-10-13-11-6-3-5-9-15(11)21-18(13)17(22-16)12-7-2-4-8-14(12)20/h2-9,16-17,21-22H,10H2,1H3/t16-,17+/m1/s1. The van der Waals surface area contributed by atoms with Gasteiger partial charge in [-0.05, 0) is 23.3 Å². The molecule has 0 saturated heterocycles. The van der Waals surface area contributed by atoms with E-state index in [9.17, 15) is 4.79 Å². The second-order valence-electron chi connectivity index (χ2n) is 5.96. The van der Waals surface area contributed by atoms with Gasteiger partial charge in [-0.3, -0.25) is 10.1 Å². The molecule has 2 atom stereocenters. The van der Waals surface area contributed by atoms with Gasteiger partial charge in [-0.15, -0.1) is 0 Å². The first kappa shape index (κ1) is 15.4. The number of para-hydroxylation sites is 1. The zero-order valence-electron chi connectivity index (χ0n) is 13.2. The fourth-order valence-electron chi connectivity index (χ4n) is 3.48. The summed E-state index contributed by atoms with van der Waals surface area (Å²) in [6.07, 6.45) is 0.618. The van der Waals surface area contributed by atoms with E-state index in [1.165, 1.54) is 18.1 Å². The van der Waals surface area contributed by atoms with Crippen molar-refractivity contribution in [2.45, 2.75) is 18.5 Å². The molecule has 1 aliphatic rings. The maximum Gasteiger partial charge on any atom is 0.323 e. The molecule has 122 valence electrons. The van der Waals surface area contributed by atoms with Gasteiger partial charge in [0, 0.05) is 27.5 Å². The Morgan fingerprint density at radius 2 is 1.92 bits per heavy atom. The summed E-state index contributed by atoms with van der Waals surface area (Å²) in [7, 11) is 1.43. The fraction of sp³-hybridized carbons (Fsp3) is 0.211. The maximum atomic E-state index is 12.2. The number of hydrogen-bond acceptors (Lipinski definition) is 3. The quantitative estimate of drug-likeness (QED) is 0.662. The molecule has 3 aromatic rings. The molecule has 0 aliphatic carbocycles. The highest BCUT2D eigenvalue weighted by Crippen LogP contribution is 2.37. The van der Waals surface area contributed by atoms with Crippen LogP contribution in [0.3, 0.4) is 0 Å². The number of methoxy groups -OCH3 is 1. The van der Waals surface area contributed by atoms with E-state index in [0.717, 1.165) is 21.2 Å². The minimum absolute atomic E-state index is 0.0965. The summed E-state index contributed by atoms with van der Waals surface area (Å²) in [5, 5.41) is 4.61. The highest BCUT2D eigenvalue weighted by molar-refractivity contribution is 9.10. The minimum Gasteiger partial charge on any atom is -0.468 e. The number of ether oxygens (including phenoxy) is 1. The van der Waals surface area contributed by atoms with E-state index < -0.39 is 0 Å². The van der Waals surface area contributed by atoms with E-state index in [1.807, 2.05) is 30.3 Å². The lowest BCUT2D eigenvalue weighted by Crippen LogP contribution is -2.45. The van der Waals surface area contributed by atoms with Gasteiger partial charge in [-0.1, -0.05) is 52.3 Å². The fourth-order valence-corrected chi connectivity index (χ4v) is 4.00. The molecular formula is C19H17BrN2O2. The van der Waals surface area contributed by atoms with E-state index in [4.69, 9.17) is 4.74 Å². The van der Waals surface area contributed by atoms with Crippen molar-refractivity contribution in [2.75, 3.05) is 7.11 Å². The number of carbonyl (C=O) groups is 1. The number of hydrogen-bond donors (Lipinski definition) is 2. The molecule has 2 N–H and O–H groups in total. The summed E-state index contributed by atoms with van der Waals surface area (Å²) in [5.41, 5.74) is 4.48. The smallest absolute Gasteiger partial charge is 0.323 e. The monoisotopic (exact) mass is 384 g/mol. The van der Waals surface area contributed by atoms with Gasteiger partial charge < -0.3 is 9.72 Å². The molecule has 5 heteroatoms. The molecule has 0 unspecified atom stereocenters. The predicted octanol–water partition coefficient (Wildman–Crippen LogP) is 3.71. The van der Waals surface area contributed by atoms with Crippen LogP contribution in [0.1, 0.15) is 22.9 Å². The van der Waals surface area contributed by atoms with Crippen LogP contribution in [-0.4, -0.2) is 24.1 Å². The van der Waals surface area contributed by atoms with Crippen LogP contribution in [0.2, 0.25) is 0 Å². The second-order valence-corrected chi connectivity index (χ2v) is 6.82. The lowest BCUT2D eigenvalue weighted by Gasteiger charge is -2.30. The molecular weight excluding hydrogens is 368 g/mol. The normalized spacial score (nSPS) is 19.9. The summed E-state index contributed by atoms with van der Waals surface area (Å²) in [5.74, 6) is -0.233. The van der Waals surface area contributed by atoms with Gasteiger partial charge in [-0.2, -0.15) is 0 Å². The van der Waals surface area contributed by atoms with Crippen molar-refractivity contribution < 1.29 is 9.53 Å². The number of nitrogens with one attached hydrogen (secondary N) is 2. The third-order valence-corrected chi connectivity index (χ3v) is 5.34. The minimum atomic E-state index is -0.362. The zero-order chi connectivity index (χ0) is 16.7. The van der Waals surface area contributed by atoms with E-state index in [0.29, 0.717) is 6.42 Å². The number of carbonyl (C=O) groups excluding carboxylic acids is 1. The molecule has 24 heavy (non-hydrogen) atoms. The predicted molar refractivity (Wildman–Crippen MR) is 96.9 cm³/mol. The van der Waals surface area contributed by atoms with E-state index in [-0.39, 0.29) is 18.1 Å². The van der Waals surface area contributed by atoms with Crippen LogP contribution in [0, 0.1) is 0 Å². The zero-order valence-corrected chi connectivity index (χ0v) is 14.8. The number of aromatic nitrogens is 1. The number of halogens is 1. The second kappa shape index (κ2) is 6.07. The Bertz CT molecular complexity index is 919. The molecule has 2 heterocycles. The third-order valence-electron chi connectivity index (χ3n) is 4.61. The topological polar surface area (TPSA) is 54.1 Å². The number of esters is 1. The molecule has 1 aliphatic heterocycles. The van der Waals surface area contributed by atoms with Crippen molar-refractivity contribution in [1.82, 2.24) is 10.3 Å². The Labute approximate surface area is 148 Å². The number of rotatable bonds is 2. The van der Waals surface area contributed by atoms with Crippen LogP contribution in [0.15, 0.2) is 53.0 Å². The Morgan fingerprint density at radius 3 is 2.71 bits per heavy atom. The summed E-state index contributed by atoms with van der Waals surface area (Å²) in [6, 6.07) is 15.8. The van der Waals surface area contributed by atoms with Crippen LogP contribution < -0.4 is 5.32 Å². The number of H-pyrrole nitrogens is 1. The van der Waals surface area contributed by atoms with Crippen molar-refractivity contribution in [1.29, 1.82) is 0 Å². The lowest BCUT2D eigenvalue weighted by molar-refractivity contribution is -0.143. The summed E-state index contributed by atoms with van der Waals surface area (Å²) in [6.45, 7) is 0. The molecule has 4 rings (SSSR count). The van der Waals surface area contributed by atoms with Gasteiger partial charge in [0.05, 0.1) is 13.2 Å². The molecule has 0 radical (unpaired) electrons. The van der Waals surface area contributed by atoms with Crippen molar-refractivity contribution in [2.24, 2.45) is 0 Å². The Kier molecular flexibility index (Phi) is 3.90. The molecule has 2 aromatic carbocycles. The van der Waals surface area contributed by atoms with Crippen LogP contribution in [0.4, 0.5) is 0 Å². The molecule has 1 aromatic heterocycles. The highest BCUT2D eigenvalue weighted by Gasteiger charge is 2.34. The average Bonchev–Trinajstić information content (AvgIpc) is 2.99. The van der Waals surface area contributed by atoms with Crippen LogP contribution in [0.25, 0.3) is 10.9 Å². The molecule has 0 bridgehead atoms. The lowest BCUT2D eigenvalue weighted by atomic mass is 9.90. The first-order valence-corrected chi connectivity index (χ1v) is 8.66. The first-order valence-electron chi connectivity index (χ1n) is 7.87. The van der Waals surface area contributed by atoms with Crippen molar-refractivity contribution in [3.8, 4) is 0 Å². The van der Waals surface area contributed by atoms with Gasteiger partial charge in [0.15, 0.2) is 0 Å². The molecule has 0 fully saturated rings. The Balaban J connectivity index is 1.90. The SMILES string of the molecule is COC(=O)[C@H]1Cc2c([nH]c3ccccc23)[C@H](c2ccccc2Br)N1. The largest absolute Gasteiger partial charge is 0.468 e. The molecule has 0 amide bonds. The molecule has 4 nitrogen and oxygen atoms in total. The van der Waals surface area contributed by atoms with E-state index in [1.54, 1.807) is 0 Å². The van der Waals surface area contributed by atoms with Gasteiger partial charge in [-0.25, -0.2) is 0 Å². The molecule has 0 spiro atoms. The maximum absolute atomic E-state index is 12.2. The first-order chi connectivity index (χ1) is 11.7. The van der Waals surface area contributed by atoms with Gasteiger partial charge in [0.2, 0.25) is 0 Å². The van der Waals surface area contributed by atoms with E-state index >= 15 is 0 Å². The van der Waals surface area contributed by atoms with E-state index in [2.05, 4.69) is 44.4 Å². The van der Waals surface area contributed by atoms with Gasteiger partial charge in [0.1, 0.15) is 6.04 Å². The summed E-state index contributed by atoms with van der Waals surface area (Å²) >= 11 is 3.63. The number of fused-ring (bicyclic) bond motifs is 3. The average molecular weight is 385 g/mol. The van der Waals surface area contributed by atoms with Crippen LogP contribution in [0.5, 0.6) is 0 Å². The van der Waals surface area contributed by atoms with Crippen molar-refractivity contribution in [3.63, 3.8) is 0 Å².